The van der Waals surface area contributed by atoms with E-state index in [0.717, 1.165) is 32.5 Å². The van der Waals surface area contributed by atoms with Crippen molar-refractivity contribution in [3.8, 4) is 0 Å². The maximum absolute atomic E-state index is 14.4. The molecule has 35 heavy (non-hydrogen) atoms. The number of nitrogens with zero attached hydrogens (tertiary/aromatic N) is 4. The van der Waals surface area contributed by atoms with Gasteiger partial charge in [-0.2, -0.15) is 0 Å². The standard InChI is InChI=1S/C28H39FN4O2/c1-21(2)16-27(34)33-15-7-13-31(19-22(3)4)12-6-14-32(28(35)23-8-5-11-30-18-23)20-24-17-25(29)9-10-26(24)33/h5,8-11,17-18,21-22H,6-7,12-16,19-20H2,1-4H3. The van der Waals surface area contributed by atoms with Gasteiger partial charge in [-0.05, 0) is 73.7 Å². The molecule has 2 amide bonds. The highest BCUT2D eigenvalue weighted by Gasteiger charge is 2.24. The Morgan fingerprint density at radius 1 is 1.00 bits per heavy atom. The molecule has 1 aliphatic rings. The zero-order chi connectivity index (χ0) is 25.4. The lowest BCUT2D eigenvalue weighted by molar-refractivity contribution is -0.119. The first-order valence-corrected chi connectivity index (χ1v) is 12.7. The third-order valence-electron chi connectivity index (χ3n) is 6.15. The maximum atomic E-state index is 14.4. The SMILES string of the molecule is CC(C)CC(=O)N1CCCN(CC(C)C)CCCN(C(=O)c2cccnc2)Cc2cc(F)ccc21. The first-order valence-electron chi connectivity index (χ1n) is 12.7. The Morgan fingerprint density at radius 3 is 2.40 bits per heavy atom. The number of rotatable bonds is 5. The highest BCUT2D eigenvalue weighted by molar-refractivity contribution is 5.95. The van der Waals surface area contributed by atoms with Crippen LogP contribution in [0.3, 0.4) is 0 Å². The van der Waals surface area contributed by atoms with Crippen molar-refractivity contribution >= 4 is 17.5 Å². The van der Waals surface area contributed by atoms with E-state index >= 15 is 0 Å². The molecule has 7 heteroatoms. The molecular weight excluding hydrogens is 443 g/mol. The monoisotopic (exact) mass is 482 g/mol. The van der Waals surface area contributed by atoms with Gasteiger partial charge in [0.25, 0.3) is 5.91 Å². The number of halogens is 1. The van der Waals surface area contributed by atoms with E-state index < -0.39 is 0 Å². The van der Waals surface area contributed by atoms with Crippen LogP contribution in [0.5, 0.6) is 0 Å². The summed E-state index contributed by atoms with van der Waals surface area (Å²) in [6, 6.07) is 8.05. The molecule has 1 aliphatic heterocycles. The number of pyridine rings is 1. The molecule has 1 aromatic carbocycles. The molecule has 0 spiro atoms. The Bertz CT molecular complexity index is 980. The third kappa shape index (κ3) is 7.85. The van der Waals surface area contributed by atoms with E-state index in [2.05, 4.69) is 23.7 Å². The van der Waals surface area contributed by atoms with E-state index in [0.29, 0.717) is 42.2 Å². The van der Waals surface area contributed by atoms with Crippen molar-refractivity contribution in [3.63, 3.8) is 0 Å². The Kier molecular flexibility index (Phi) is 9.78. The van der Waals surface area contributed by atoms with Crippen LogP contribution in [0.4, 0.5) is 10.1 Å². The lowest BCUT2D eigenvalue weighted by atomic mass is 10.1. The smallest absolute Gasteiger partial charge is 0.255 e. The molecule has 0 bridgehead atoms. The van der Waals surface area contributed by atoms with Gasteiger partial charge >= 0.3 is 0 Å². The van der Waals surface area contributed by atoms with Crippen LogP contribution >= 0.6 is 0 Å². The van der Waals surface area contributed by atoms with Crippen molar-refractivity contribution in [2.75, 3.05) is 37.6 Å². The molecular formula is C28H39FN4O2. The predicted octanol–water partition coefficient (Wildman–Crippen LogP) is 4.99. The summed E-state index contributed by atoms with van der Waals surface area (Å²) in [5, 5.41) is 0. The van der Waals surface area contributed by atoms with Gasteiger partial charge in [0, 0.05) is 50.7 Å². The van der Waals surface area contributed by atoms with Crippen LogP contribution in [-0.4, -0.2) is 59.3 Å². The average Bonchev–Trinajstić information content (AvgIpc) is 2.80. The van der Waals surface area contributed by atoms with Crippen molar-refractivity contribution < 1.29 is 14.0 Å². The van der Waals surface area contributed by atoms with Crippen molar-refractivity contribution in [1.29, 1.82) is 0 Å². The van der Waals surface area contributed by atoms with E-state index in [-0.39, 0.29) is 30.1 Å². The molecule has 0 unspecified atom stereocenters. The quantitative estimate of drug-likeness (QED) is 0.602. The summed E-state index contributed by atoms with van der Waals surface area (Å²) in [5.41, 5.74) is 1.85. The summed E-state index contributed by atoms with van der Waals surface area (Å²) in [6.45, 7) is 12.5. The summed E-state index contributed by atoms with van der Waals surface area (Å²) in [5.74, 6) is 0.266. The highest BCUT2D eigenvalue weighted by Crippen LogP contribution is 2.26. The number of hydrogen-bond acceptors (Lipinski definition) is 4. The molecule has 190 valence electrons. The average molecular weight is 483 g/mol. The van der Waals surface area contributed by atoms with Gasteiger partial charge in [0.1, 0.15) is 5.82 Å². The molecule has 0 atom stereocenters. The van der Waals surface area contributed by atoms with E-state index in [1.54, 1.807) is 40.4 Å². The number of amides is 2. The highest BCUT2D eigenvalue weighted by atomic mass is 19.1. The van der Waals surface area contributed by atoms with E-state index in [1.165, 1.54) is 12.1 Å². The van der Waals surface area contributed by atoms with Gasteiger partial charge in [-0.25, -0.2) is 4.39 Å². The van der Waals surface area contributed by atoms with E-state index in [4.69, 9.17) is 0 Å². The fourth-order valence-corrected chi connectivity index (χ4v) is 4.66. The second-order valence-electron chi connectivity index (χ2n) is 10.3. The van der Waals surface area contributed by atoms with Gasteiger partial charge in [-0.3, -0.25) is 14.6 Å². The topological polar surface area (TPSA) is 56.8 Å². The first-order chi connectivity index (χ1) is 16.7. The number of fused-ring (bicyclic) bond motifs is 1. The lowest BCUT2D eigenvalue weighted by Gasteiger charge is -2.32. The summed E-state index contributed by atoms with van der Waals surface area (Å²) in [6.07, 6.45) is 5.28. The number of aromatic nitrogens is 1. The molecule has 2 heterocycles. The molecule has 0 saturated heterocycles. The fourth-order valence-electron chi connectivity index (χ4n) is 4.66. The number of hydrogen-bond donors (Lipinski definition) is 0. The Labute approximate surface area is 209 Å². The molecule has 0 saturated carbocycles. The Morgan fingerprint density at radius 2 is 1.74 bits per heavy atom. The summed E-state index contributed by atoms with van der Waals surface area (Å²) in [4.78, 5) is 36.8. The number of carbonyl (C=O) groups excluding carboxylic acids is 2. The molecule has 0 aliphatic carbocycles. The second kappa shape index (κ2) is 12.8. The predicted molar refractivity (Wildman–Crippen MR) is 138 cm³/mol. The number of anilines is 1. The molecule has 0 radical (unpaired) electrons. The van der Waals surface area contributed by atoms with Crippen LogP contribution in [0, 0.1) is 17.7 Å². The van der Waals surface area contributed by atoms with Gasteiger partial charge in [0.15, 0.2) is 0 Å². The minimum Gasteiger partial charge on any atom is -0.334 e. The maximum Gasteiger partial charge on any atom is 0.255 e. The summed E-state index contributed by atoms with van der Waals surface area (Å²) >= 11 is 0. The van der Waals surface area contributed by atoms with Crippen molar-refractivity contribution in [1.82, 2.24) is 14.8 Å². The van der Waals surface area contributed by atoms with Crippen LogP contribution in [0.15, 0.2) is 42.7 Å². The molecule has 3 rings (SSSR count). The molecule has 2 aromatic rings. The van der Waals surface area contributed by atoms with Crippen LogP contribution in [0.1, 0.15) is 62.9 Å². The van der Waals surface area contributed by atoms with Gasteiger partial charge in [-0.15, -0.1) is 0 Å². The summed E-state index contributed by atoms with van der Waals surface area (Å²) < 4.78 is 14.4. The first kappa shape index (κ1) is 26.8. The molecule has 6 nitrogen and oxygen atoms in total. The van der Waals surface area contributed by atoms with E-state index in [1.807, 2.05) is 13.8 Å². The summed E-state index contributed by atoms with van der Waals surface area (Å²) in [7, 11) is 0. The largest absolute Gasteiger partial charge is 0.334 e. The van der Waals surface area contributed by atoms with Gasteiger partial charge in [-0.1, -0.05) is 27.7 Å². The lowest BCUT2D eigenvalue weighted by Crippen LogP contribution is -2.40. The van der Waals surface area contributed by atoms with Gasteiger partial charge < -0.3 is 14.7 Å². The zero-order valence-electron chi connectivity index (χ0n) is 21.5. The second-order valence-corrected chi connectivity index (χ2v) is 10.3. The van der Waals surface area contributed by atoms with Crippen molar-refractivity contribution in [2.24, 2.45) is 11.8 Å². The van der Waals surface area contributed by atoms with E-state index in [9.17, 15) is 14.0 Å². The van der Waals surface area contributed by atoms with Crippen molar-refractivity contribution in [3.05, 3.63) is 59.7 Å². The minimum absolute atomic E-state index is 0.0328. The molecule has 1 aromatic heterocycles. The van der Waals surface area contributed by atoms with Crippen LogP contribution in [0.25, 0.3) is 0 Å². The third-order valence-corrected chi connectivity index (χ3v) is 6.15. The molecule has 0 fully saturated rings. The van der Waals surface area contributed by atoms with Crippen LogP contribution < -0.4 is 4.90 Å². The fraction of sp³-hybridized carbons (Fsp3) is 0.536. The number of carbonyl (C=O) groups is 2. The normalized spacial score (nSPS) is 16.1. The van der Waals surface area contributed by atoms with Gasteiger partial charge in [0.2, 0.25) is 5.91 Å². The minimum atomic E-state index is -0.371. The van der Waals surface area contributed by atoms with Gasteiger partial charge in [0.05, 0.1) is 5.56 Å². The zero-order valence-corrected chi connectivity index (χ0v) is 21.5. The van der Waals surface area contributed by atoms with Crippen LogP contribution in [0.2, 0.25) is 0 Å². The number of benzene rings is 1. The molecule has 0 N–H and O–H groups in total. The Hall–Kier alpha value is -2.80. The van der Waals surface area contributed by atoms with Crippen LogP contribution in [-0.2, 0) is 11.3 Å². The van der Waals surface area contributed by atoms with Crippen molar-refractivity contribution in [2.45, 2.75) is 53.5 Å². The Balaban J connectivity index is 2.00.